The zero-order valence-electron chi connectivity index (χ0n) is 11.7. The molecule has 2 N–H and O–H groups in total. The molecule has 0 unspecified atom stereocenters. The first kappa shape index (κ1) is 14.4. The fourth-order valence-corrected chi connectivity index (χ4v) is 2.32. The number of carbonyl (C=O) groups is 1. The minimum Gasteiger partial charge on any atom is -0.373 e. The molecule has 0 saturated heterocycles. The van der Waals surface area contributed by atoms with Gasteiger partial charge in [-0.1, -0.05) is 13.3 Å². The van der Waals surface area contributed by atoms with Crippen LogP contribution >= 0.6 is 11.5 Å². The minimum absolute atomic E-state index is 0.197. The second-order valence-corrected chi connectivity index (χ2v) is 5.09. The average Bonchev–Trinajstić information content (AvgIpc) is 2.84. The van der Waals surface area contributed by atoms with Crippen LogP contribution in [0.1, 0.15) is 35.2 Å². The minimum atomic E-state index is -0.197. The predicted octanol–water partition coefficient (Wildman–Crippen LogP) is 2.49. The van der Waals surface area contributed by atoms with E-state index in [2.05, 4.69) is 31.9 Å². The summed E-state index contributed by atoms with van der Waals surface area (Å²) in [7, 11) is 1.79. The highest BCUT2D eigenvalue weighted by molar-refractivity contribution is 7.09. The molecule has 20 heavy (non-hydrogen) atoms. The highest BCUT2D eigenvalue weighted by Gasteiger charge is 2.11. The monoisotopic (exact) mass is 291 g/mol. The topological polar surface area (TPSA) is 79.8 Å². The van der Waals surface area contributed by atoms with Gasteiger partial charge in [-0.3, -0.25) is 10.1 Å². The molecule has 2 aromatic rings. The third-order valence-electron chi connectivity index (χ3n) is 2.65. The summed E-state index contributed by atoms with van der Waals surface area (Å²) in [5.41, 5.74) is 1.47. The molecular weight excluding hydrogens is 274 g/mol. The summed E-state index contributed by atoms with van der Waals surface area (Å²) in [6.07, 6.45) is 1.82. The maximum Gasteiger partial charge on any atom is 0.257 e. The van der Waals surface area contributed by atoms with E-state index >= 15 is 0 Å². The number of carbonyl (C=O) groups excluding carboxylic acids is 1. The van der Waals surface area contributed by atoms with Gasteiger partial charge in [-0.05, 0) is 25.5 Å². The van der Waals surface area contributed by atoms with E-state index in [0.717, 1.165) is 18.5 Å². The summed E-state index contributed by atoms with van der Waals surface area (Å²) in [6.45, 7) is 3.87. The molecule has 0 aliphatic heterocycles. The second kappa shape index (κ2) is 6.42. The van der Waals surface area contributed by atoms with Gasteiger partial charge in [-0.25, -0.2) is 9.97 Å². The lowest BCUT2D eigenvalue weighted by Gasteiger charge is -2.07. The molecule has 0 aliphatic rings. The van der Waals surface area contributed by atoms with Crippen molar-refractivity contribution in [2.75, 3.05) is 17.7 Å². The van der Waals surface area contributed by atoms with Crippen LogP contribution in [-0.2, 0) is 6.42 Å². The van der Waals surface area contributed by atoms with Crippen LogP contribution < -0.4 is 10.6 Å². The lowest BCUT2D eigenvalue weighted by Crippen LogP contribution is -2.13. The SMILES string of the molecule is CCCc1cc(C(=O)Nc2nc(C)ns2)cc(NC)n1. The molecular formula is C13H17N5OS. The van der Waals surface area contributed by atoms with Gasteiger partial charge in [0, 0.05) is 29.8 Å². The van der Waals surface area contributed by atoms with E-state index in [1.165, 1.54) is 11.5 Å². The molecule has 1 amide bonds. The number of aryl methyl sites for hydroxylation is 2. The first-order chi connectivity index (χ1) is 9.62. The maximum atomic E-state index is 12.2. The van der Waals surface area contributed by atoms with Gasteiger partial charge in [0.1, 0.15) is 11.6 Å². The van der Waals surface area contributed by atoms with Crippen molar-refractivity contribution in [3.8, 4) is 0 Å². The van der Waals surface area contributed by atoms with E-state index in [-0.39, 0.29) is 5.91 Å². The van der Waals surface area contributed by atoms with Gasteiger partial charge in [-0.2, -0.15) is 4.37 Å². The Bertz CT molecular complexity index is 611. The molecule has 0 spiro atoms. The molecule has 6 nitrogen and oxygen atoms in total. The molecule has 2 aromatic heterocycles. The third-order valence-corrected chi connectivity index (χ3v) is 3.37. The van der Waals surface area contributed by atoms with Crippen molar-refractivity contribution in [2.45, 2.75) is 26.7 Å². The molecule has 0 bridgehead atoms. The van der Waals surface area contributed by atoms with Gasteiger partial charge in [0.2, 0.25) is 5.13 Å². The van der Waals surface area contributed by atoms with Crippen molar-refractivity contribution >= 4 is 28.4 Å². The smallest absolute Gasteiger partial charge is 0.257 e. The van der Waals surface area contributed by atoms with Crippen LogP contribution in [0, 0.1) is 6.92 Å². The highest BCUT2D eigenvalue weighted by atomic mass is 32.1. The van der Waals surface area contributed by atoms with Gasteiger partial charge in [0.05, 0.1) is 0 Å². The zero-order chi connectivity index (χ0) is 14.5. The lowest BCUT2D eigenvalue weighted by molar-refractivity contribution is 0.102. The number of hydrogen-bond acceptors (Lipinski definition) is 6. The number of nitrogens with zero attached hydrogens (tertiary/aromatic N) is 3. The standard InChI is InChI=1S/C13H17N5OS/c1-4-5-10-6-9(7-11(14-3)16-10)12(19)17-13-15-8(2)18-20-13/h6-7H,4-5H2,1-3H3,(H,14,16)(H,15,17,18,19). The molecule has 7 heteroatoms. The van der Waals surface area contributed by atoms with Crippen LogP contribution in [0.15, 0.2) is 12.1 Å². The first-order valence-electron chi connectivity index (χ1n) is 6.42. The van der Waals surface area contributed by atoms with Crippen LogP contribution in [0.5, 0.6) is 0 Å². The molecule has 106 valence electrons. The fraction of sp³-hybridized carbons (Fsp3) is 0.385. The molecule has 0 fully saturated rings. The Hall–Kier alpha value is -2.02. The number of aromatic nitrogens is 3. The Labute approximate surface area is 121 Å². The lowest BCUT2D eigenvalue weighted by atomic mass is 10.1. The van der Waals surface area contributed by atoms with Gasteiger partial charge in [0.25, 0.3) is 5.91 Å². The summed E-state index contributed by atoms with van der Waals surface area (Å²) >= 11 is 1.17. The summed E-state index contributed by atoms with van der Waals surface area (Å²) in [5, 5.41) is 6.23. The number of rotatable bonds is 5. The number of nitrogens with one attached hydrogen (secondary N) is 2. The van der Waals surface area contributed by atoms with E-state index in [0.29, 0.717) is 22.3 Å². The Morgan fingerprint density at radius 3 is 2.75 bits per heavy atom. The number of amides is 1. The van der Waals surface area contributed by atoms with Gasteiger partial charge >= 0.3 is 0 Å². The Morgan fingerprint density at radius 2 is 2.15 bits per heavy atom. The molecule has 0 aliphatic carbocycles. The Morgan fingerprint density at radius 1 is 1.35 bits per heavy atom. The van der Waals surface area contributed by atoms with Crippen molar-refractivity contribution in [3.05, 3.63) is 29.2 Å². The van der Waals surface area contributed by atoms with Crippen LogP contribution in [0.2, 0.25) is 0 Å². The molecule has 2 rings (SSSR count). The van der Waals surface area contributed by atoms with Crippen LogP contribution in [0.25, 0.3) is 0 Å². The van der Waals surface area contributed by atoms with Crippen molar-refractivity contribution in [3.63, 3.8) is 0 Å². The van der Waals surface area contributed by atoms with Crippen molar-refractivity contribution in [2.24, 2.45) is 0 Å². The van der Waals surface area contributed by atoms with Crippen LogP contribution in [0.4, 0.5) is 10.9 Å². The van der Waals surface area contributed by atoms with Crippen molar-refractivity contribution in [1.82, 2.24) is 14.3 Å². The number of anilines is 2. The van der Waals surface area contributed by atoms with E-state index in [1.807, 2.05) is 6.07 Å². The van der Waals surface area contributed by atoms with Gasteiger partial charge in [0.15, 0.2) is 0 Å². The van der Waals surface area contributed by atoms with Gasteiger partial charge < -0.3 is 5.32 Å². The summed E-state index contributed by atoms with van der Waals surface area (Å²) < 4.78 is 4.04. The molecule has 0 radical (unpaired) electrons. The normalized spacial score (nSPS) is 10.3. The van der Waals surface area contributed by atoms with Crippen LogP contribution in [-0.4, -0.2) is 27.3 Å². The van der Waals surface area contributed by atoms with E-state index < -0.39 is 0 Å². The average molecular weight is 291 g/mol. The maximum absolute atomic E-state index is 12.2. The van der Waals surface area contributed by atoms with Crippen molar-refractivity contribution in [1.29, 1.82) is 0 Å². The Balaban J connectivity index is 2.21. The molecule has 0 atom stereocenters. The summed E-state index contributed by atoms with van der Waals surface area (Å²) in [6, 6.07) is 3.54. The van der Waals surface area contributed by atoms with Crippen LogP contribution in [0.3, 0.4) is 0 Å². The largest absolute Gasteiger partial charge is 0.373 e. The Kier molecular flexibility index (Phi) is 4.62. The third kappa shape index (κ3) is 3.51. The quantitative estimate of drug-likeness (QED) is 0.884. The number of pyridine rings is 1. The number of hydrogen-bond donors (Lipinski definition) is 2. The molecule has 2 heterocycles. The van der Waals surface area contributed by atoms with Gasteiger partial charge in [-0.15, -0.1) is 0 Å². The summed E-state index contributed by atoms with van der Waals surface area (Å²) in [5.74, 6) is 1.15. The molecule has 0 saturated carbocycles. The highest BCUT2D eigenvalue weighted by Crippen LogP contribution is 2.15. The van der Waals surface area contributed by atoms with E-state index in [9.17, 15) is 4.79 Å². The van der Waals surface area contributed by atoms with Crippen molar-refractivity contribution < 1.29 is 4.79 Å². The predicted molar refractivity (Wildman–Crippen MR) is 80.4 cm³/mol. The summed E-state index contributed by atoms with van der Waals surface area (Å²) in [4.78, 5) is 20.8. The van der Waals surface area contributed by atoms with E-state index in [1.54, 1.807) is 20.0 Å². The first-order valence-corrected chi connectivity index (χ1v) is 7.20. The zero-order valence-corrected chi connectivity index (χ0v) is 12.5. The second-order valence-electron chi connectivity index (χ2n) is 4.33. The molecule has 0 aromatic carbocycles. The van der Waals surface area contributed by atoms with E-state index in [4.69, 9.17) is 0 Å². The fourth-order valence-electron chi connectivity index (χ4n) is 1.75.